The van der Waals surface area contributed by atoms with Crippen molar-refractivity contribution in [3.8, 4) is 0 Å². The number of nitrogens with zero attached hydrogens (tertiary/aromatic N) is 1. The lowest BCUT2D eigenvalue weighted by molar-refractivity contribution is -0.128. The Hall–Kier alpha value is -1.38. The molecule has 0 aliphatic heterocycles. The van der Waals surface area contributed by atoms with E-state index in [9.17, 15) is 4.79 Å². The van der Waals surface area contributed by atoms with E-state index < -0.39 is 0 Å². The van der Waals surface area contributed by atoms with Gasteiger partial charge < -0.3 is 4.74 Å². The van der Waals surface area contributed by atoms with Crippen LogP contribution in [-0.2, 0) is 16.0 Å². The molecule has 0 saturated carbocycles. The van der Waals surface area contributed by atoms with Crippen LogP contribution in [0.4, 0.5) is 0 Å². The minimum atomic E-state index is 0.431. The standard InChI is InChI=1S/C10H15N.C3H6O2/c1-8(2)6-10-7-9(3)4-5-11-10;1-2-5-3-4/h4-5,7-8H,6H2,1-3H3;3H,2H2,1H3. The minimum absolute atomic E-state index is 0.431. The topological polar surface area (TPSA) is 39.2 Å². The molecule has 0 saturated heterocycles. The number of hydrogen-bond donors (Lipinski definition) is 0. The summed E-state index contributed by atoms with van der Waals surface area (Å²) in [6.07, 6.45) is 2.97. The Kier molecular flexibility index (Phi) is 8.12. The van der Waals surface area contributed by atoms with Crippen LogP contribution in [-0.4, -0.2) is 18.1 Å². The molecular weight excluding hydrogens is 202 g/mol. The van der Waals surface area contributed by atoms with Gasteiger partial charge in [-0.05, 0) is 43.9 Å². The maximum atomic E-state index is 9.18. The highest BCUT2D eigenvalue weighted by atomic mass is 16.5. The molecule has 0 unspecified atom stereocenters. The van der Waals surface area contributed by atoms with Gasteiger partial charge in [0.05, 0.1) is 6.61 Å². The van der Waals surface area contributed by atoms with Crippen LogP contribution in [0.5, 0.6) is 0 Å². The van der Waals surface area contributed by atoms with Gasteiger partial charge in [0.25, 0.3) is 6.47 Å². The third-order valence-corrected chi connectivity index (χ3v) is 1.82. The van der Waals surface area contributed by atoms with Crippen LogP contribution in [0.15, 0.2) is 18.3 Å². The Balaban J connectivity index is 0.000000385. The van der Waals surface area contributed by atoms with Gasteiger partial charge in [-0.25, -0.2) is 0 Å². The van der Waals surface area contributed by atoms with Crippen LogP contribution in [0.1, 0.15) is 32.0 Å². The van der Waals surface area contributed by atoms with Crippen molar-refractivity contribution in [2.24, 2.45) is 5.92 Å². The fraction of sp³-hybridized carbons (Fsp3) is 0.538. The van der Waals surface area contributed by atoms with Crippen molar-refractivity contribution in [2.45, 2.75) is 34.1 Å². The lowest BCUT2D eigenvalue weighted by Gasteiger charge is -2.03. The number of ether oxygens (including phenoxy) is 1. The SMILES string of the molecule is CCOC=O.Cc1ccnc(CC(C)C)c1. The van der Waals surface area contributed by atoms with Crippen molar-refractivity contribution in [1.29, 1.82) is 0 Å². The van der Waals surface area contributed by atoms with E-state index in [2.05, 4.69) is 36.6 Å². The van der Waals surface area contributed by atoms with Gasteiger partial charge in [0, 0.05) is 11.9 Å². The molecule has 3 nitrogen and oxygen atoms in total. The van der Waals surface area contributed by atoms with E-state index in [1.165, 1.54) is 11.3 Å². The maximum Gasteiger partial charge on any atom is 0.293 e. The predicted octanol–water partition coefficient (Wildman–Crippen LogP) is 2.77. The Bertz CT molecular complexity index is 298. The molecule has 0 aliphatic rings. The summed E-state index contributed by atoms with van der Waals surface area (Å²) in [5.41, 5.74) is 2.51. The summed E-state index contributed by atoms with van der Waals surface area (Å²) in [4.78, 5) is 13.5. The van der Waals surface area contributed by atoms with Crippen molar-refractivity contribution in [1.82, 2.24) is 4.98 Å². The van der Waals surface area contributed by atoms with E-state index in [0.717, 1.165) is 6.42 Å². The smallest absolute Gasteiger partial charge is 0.293 e. The van der Waals surface area contributed by atoms with E-state index >= 15 is 0 Å². The first kappa shape index (κ1) is 14.6. The molecule has 16 heavy (non-hydrogen) atoms. The number of pyridine rings is 1. The van der Waals surface area contributed by atoms with Crippen molar-refractivity contribution >= 4 is 6.47 Å². The van der Waals surface area contributed by atoms with Gasteiger partial charge in [-0.2, -0.15) is 0 Å². The number of carbonyl (C=O) groups excluding carboxylic acids is 1. The molecule has 1 aromatic rings. The second-order valence-electron chi connectivity index (χ2n) is 3.97. The molecule has 3 heteroatoms. The Labute approximate surface area is 97.9 Å². The molecule has 0 aromatic carbocycles. The third-order valence-electron chi connectivity index (χ3n) is 1.82. The fourth-order valence-electron chi connectivity index (χ4n) is 1.20. The van der Waals surface area contributed by atoms with Crippen molar-refractivity contribution in [3.63, 3.8) is 0 Å². The van der Waals surface area contributed by atoms with Gasteiger partial charge in [0.2, 0.25) is 0 Å². The van der Waals surface area contributed by atoms with Crippen LogP contribution in [0.2, 0.25) is 0 Å². The zero-order valence-corrected chi connectivity index (χ0v) is 10.6. The van der Waals surface area contributed by atoms with Crippen molar-refractivity contribution in [2.75, 3.05) is 6.61 Å². The Morgan fingerprint density at radius 2 is 2.19 bits per heavy atom. The van der Waals surface area contributed by atoms with E-state index in [1.54, 1.807) is 6.92 Å². The summed E-state index contributed by atoms with van der Waals surface area (Å²) in [7, 11) is 0. The molecule has 0 aliphatic carbocycles. The molecule has 0 N–H and O–H groups in total. The first-order valence-corrected chi connectivity index (χ1v) is 5.56. The number of aromatic nitrogens is 1. The molecule has 0 radical (unpaired) electrons. The van der Waals surface area contributed by atoms with Gasteiger partial charge in [0.1, 0.15) is 0 Å². The van der Waals surface area contributed by atoms with Gasteiger partial charge >= 0.3 is 0 Å². The van der Waals surface area contributed by atoms with Crippen LogP contribution in [0.3, 0.4) is 0 Å². The van der Waals surface area contributed by atoms with Crippen LogP contribution >= 0.6 is 0 Å². The molecular formula is C13H21NO2. The predicted molar refractivity (Wildman–Crippen MR) is 65.2 cm³/mol. The average molecular weight is 223 g/mol. The highest BCUT2D eigenvalue weighted by Gasteiger charge is 1.97. The Morgan fingerprint density at radius 3 is 2.56 bits per heavy atom. The highest BCUT2D eigenvalue weighted by molar-refractivity contribution is 5.36. The molecule has 0 spiro atoms. The molecule has 1 aromatic heterocycles. The number of hydrogen-bond acceptors (Lipinski definition) is 3. The molecule has 0 bridgehead atoms. The Morgan fingerprint density at radius 1 is 1.50 bits per heavy atom. The summed E-state index contributed by atoms with van der Waals surface area (Å²) < 4.78 is 4.15. The van der Waals surface area contributed by atoms with E-state index in [1.807, 2.05) is 12.3 Å². The number of rotatable bonds is 4. The second kappa shape index (κ2) is 8.89. The average Bonchev–Trinajstić information content (AvgIpc) is 2.18. The van der Waals surface area contributed by atoms with Crippen molar-refractivity contribution < 1.29 is 9.53 Å². The number of aryl methyl sites for hydroxylation is 1. The summed E-state index contributed by atoms with van der Waals surface area (Å²) in [5.74, 6) is 0.698. The largest absolute Gasteiger partial charge is 0.468 e. The minimum Gasteiger partial charge on any atom is -0.468 e. The molecule has 1 rings (SSSR count). The molecule has 0 atom stereocenters. The quantitative estimate of drug-likeness (QED) is 0.737. The van der Waals surface area contributed by atoms with Crippen LogP contribution in [0, 0.1) is 12.8 Å². The summed E-state index contributed by atoms with van der Waals surface area (Å²) in [6.45, 7) is 9.19. The molecule has 0 amide bonds. The second-order valence-corrected chi connectivity index (χ2v) is 3.97. The van der Waals surface area contributed by atoms with E-state index in [-0.39, 0.29) is 0 Å². The van der Waals surface area contributed by atoms with E-state index in [0.29, 0.717) is 19.0 Å². The first-order valence-electron chi connectivity index (χ1n) is 5.56. The normalized spacial score (nSPS) is 9.31. The first-order chi connectivity index (χ1) is 7.60. The van der Waals surface area contributed by atoms with Crippen molar-refractivity contribution in [3.05, 3.63) is 29.6 Å². The highest BCUT2D eigenvalue weighted by Crippen LogP contribution is 2.06. The fourth-order valence-corrected chi connectivity index (χ4v) is 1.20. The molecule has 1 heterocycles. The molecule has 0 fully saturated rings. The summed E-state index contributed by atoms with van der Waals surface area (Å²) in [5, 5.41) is 0. The van der Waals surface area contributed by atoms with Gasteiger partial charge in [-0.1, -0.05) is 13.8 Å². The maximum absolute atomic E-state index is 9.18. The van der Waals surface area contributed by atoms with Crippen LogP contribution in [0.25, 0.3) is 0 Å². The summed E-state index contributed by atoms with van der Waals surface area (Å²) in [6, 6.07) is 4.18. The van der Waals surface area contributed by atoms with Gasteiger partial charge in [-0.3, -0.25) is 9.78 Å². The summed E-state index contributed by atoms with van der Waals surface area (Å²) >= 11 is 0. The van der Waals surface area contributed by atoms with Crippen LogP contribution < -0.4 is 0 Å². The lowest BCUT2D eigenvalue weighted by atomic mass is 10.1. The number of carbonyl (C=O) groups is 1. The monoisotopic (exact) mass is 223 g/mol. The van der Waals surface area contributed by atoms with Gasteiger partial charge in [0.15, 0.2) is 0 Å². The zero-order valence-electron chi connectivity index (χ0n) is 10.6. The molecule has 90 valence electrons. The van der Waals surface area contributed by atoms with E-state index in [4.69, 9.17) is 0 Å². The lowest BCUT2D eigenvalue weighted by Crippen LogP contribution is -1.96. The third kappa shape index (κ3) is 7.97. The van der Waals surface area contributed by atoms with Gasteiger partial charge in [-0.15, -0.1) is 0 Å². The zero-order chi connectivity index (χ0) is 12.4.